The number of fused-ring (bicyclic) bond motifs is 1. The number of sulfone groups is 1. The van der Waals surface area contributed by atoms with Gasteiger partial charge in [-0.3, -0.25) is 4.79 Å². The SMILES string of the molecule is N#Cc1cc(C(=O)N2C[C@@H]3CCS(=O)(=O)[C@@H]3C2)ccc1F. The van der Waals surface area contributed by atoms with Gasteiger partial charge in [0, 0.05) is 18.7 Å². The third kappa shape index (κ3) is 2.29. The van der Waals surface area contributed by atoms with E-state index in [2.05, 4.69) is 0 Å². The first-order chi connectivity index (χ1) is 9.92. The van der Waals surface area contributed by atoms with Crippen molar-refractivity contribution in [3.05, 3.63) is 35.1 Å². The number of carbonyl (C=O) groups excluding carboxylic acids is 1. The summed E-state index contributed by atoms with van der Waals surface area (Å²) in [7, 11) is -3.10. The molecule has 5 nitrogen and oxygen atoms in total. The van der Waals surface area contributed by atoms with Crippen molar-refractivity contribution < 1.29 is 17.6 Å². The van der Waals surface area contributed by atoms with Gasteiger partial charge in [0.05, 0.1) is 16.6 Å². The number of carbonyl (C=O) groups is 1. The van der Waals surface area contributed by atoms with Crippen molar-refractivity contribution >= 4 is 15.7 Å². The summed E-state index contributed by atoms with van der Waals surface area (Å²) in [6, 6.07) is 5.30. The molecule has 1 aromatic carbocycles. The molecule has 2 saturated heterocycles. The first-order valence-corrected chi connectivity index (χ1v) is 8.34. The summed E-state index contributed by atoms with van der Waals surface area (Å²) >= 11 is 0. The molecule has 0 aliphatic carbocycles. The Morgan fingerprint density at radius 3 is 2.81 bits per heavy atom. The molecular formula is C14H13FN2O3S. The summed E-state index contributed by atoms with van der Waals surface area (Å²) in [5, 5.41) is 8.32. The molecule has 2 heterocycles. The minimum absolute atomic E-state index is 0.00478. The predicted octanol–water partition coefficient (Wildman–Crippen LogP) is 0.956. The van der Waals surface area contributed by atoms with Gasteiger partial charge >= 0.3 is 0 Å². The van der Waals surface area contributed by atoms with E-state index in [-0.39, 0.29) is 35.2 Å². The second-order valence-corrected chi connectivity index (χ2v) is 7.81. The molecule has 7 heteroatoms. The van der Waals surface area contributed by atoms with E-state index in [4.69, 9.17) is 5.26 Å². The number of benzene rings is 1. The number of nitrogens with zero attached hydrogens (tertiary/aromatic N) is 2. The maximum absolute atomic E-state index is 13.3. The smallest absolute Gasteiger partial charge is 0.253 e. The standard InChI is InChI=1S/C14H13FN2O3S/c15-12-2-1-9(5-11(12)6-16)14(18)17-7-10-3-4-21(19,20)13(10)8-17/h1-2,5,10,13H,3-4,7-8H2/t10-,13+/m0/s1. The van der Waals surface area contributed by atoms with Crippen molar-refractivity contribution in [2.24, 2.45) is 5.92 Å². The third-order valence-electron chi connectivity index (χ3n) is 4.24. The zero-order chi connectivity index (χ0) is 15.2. The Morgan fingerprint density at radius 2 is 2.14 bits per heavy atom. The van der Waals surface area contributed by atoms with Crippen LogP contribution in [-0.4, -0.2) is 43.3 Å². The number of nitriles is 1. The van der Waals surface area contributed by atoms with Gasteiger partial charge in [0.15, 0.2) is 9.84 Å². The molecule has 110 valence electrons. The Bertz CT molecular complexity index is 754. The molecule has 2 aliphatic rings. The van der Waals surface area contributed by atoms with Crippen LogP contribution in [0.15, 0.2) is 18.2 Å². The van der Waals surface area contributed by atoms with Crippen molar-refractivity contribution in [1.82, 2.24) is 4.90 Å². The van der Waals surface area contributed by atoms with Crippen LogP contribution in [0.1, 0.15) is 22.3 Å². The Morgan fingerprint density at radius 1 is 1.38 bits per heavy atom. The second-order valence-electron chi connectivity index (χ2n) is 5.47. The normalized spacial score (nSPS) is 26.4. The first-order valence-electron chi connectivity index (χ1n) is 6.63. The highest BCUT2D eigenvalue weighted by Gasteiger charge is 2.47. The molecule has 0 aromatic heterocycles. The van der Waals surface area contributed by atoms with Crippen molar-refractivity contribution in [2.45, 2.75) is 11.7 Å². The molecule has 0 unspecified atom stereocenters. The maximum Gasteiger partial charge on any atom is 0.253 e. The molecule has 0 radical (unpaired) electrons. The lowest BCUT2D eigenvalue weighted by Gasteiger charge is -2.17. The summed E-state index contributed by atoms with van der Waals surface area (Å²) in [4.78, 5) is 13.9. The van der Waals surface area contributed by atoms with Gasteiger partial charge in [0.25, 0.3) is 5.91 Å². The number of likely N-dealkylation sites (tertiary alicyclic amines) is 1. The van der Waals surface area contributed by atoms with Gasteiger partial charge in [-0.05, 0) is 30.5 Å². The number of halogens is 1. The van der Waals surface area contributed by atoms with Crippen LogP contribution >= 0.6 is 0 Å². The van der Waals surface area contributed by atoms with Crippen LogP contribution in [0.2, 0.25) is 0 Å². The highest BCUT2D eigenvalue weighted by molar-refractivity contribution is 7.92. The van der Waals surface area contributed by atoms with E-state index in [1.165, 1.54) is 17.0 Å². The van der Waals surface area contributed by atoms with Crippen LogP contribution in [0, 0.1) is 23.1 Å². The first kappa shape index (κ1) is 14.0. The number of rotatable bonds is 1. The van der Waals surface area contributed by atoms with Crippen LogP contribution in [0.4, 0.5) is 4.39 Å². The summed E-state index contributed by atoms with van der Waals surface area (Å²) in [6.07, 6.45) is 0.587. The molecular weight excluding hydrogens is 295 g/mol. The van der Waals surface area contributed by atoms with Crippen molar-refractivity contribution in [3.8, 4) is 6.07 Å². The lowest BCUT2D eigenvalue weighted by atomic mass is 10.1. The van der Waals surface area contributed by atoms with Gasteiger partial charge in [-0.25, -0.2) is 12.8 Å². The minimum Gasteiger partial charge on any atom is -0.337 e. The van der Waals surface area contributed by atoms with Crippen molar-refractivity contribution in [2.75, 3.05) is 18.8 Å². The Hall–Kier alpha value is -1.94. The van der Waals surface area contributed by atoms with Crippen LogP contribution in [0.5, 0.6) is 0 Å². The number of amides is 1. The topological polar surface area (TPSA) is 78.2 Å². The molecule has 21 heavy (non-hydrogen) atoms. The van der Waals surface area contributed by atoms with Gasteiger partial charge in [0.1, 0.15) is 11.9 Å². The molecule has 2 atom stereocenters. The molecule has 0 saturated carbocycles. The summed E-state index contributed by atoms with van der Waals surface area (Å²) in [6.45, 7) is 0.590. The zero-order valence-corrected chi connectivity index (χ0v) is 11.9. The molecule has 3 rings (SSSR count). The minimum atomic E-state index is -3.10. The second kappa shape index (κ2) is 4.81. The lowest BCUT2D eigenvalue weighted by Crippen LogP contribution is -2.32. The van der Waals surface area contributed by atoms with Crippen molar-refractivity contribution in [1.29, 1.82) is 5.26 Å². The summed E-state index contributed by atoms with van der Waals surface area (Å²) in [5.41, 5.74) is 0.0261. The molecule has 1 aromatic rings. The van der Waals surface area contributed by atoms with E-state index in [0.717, 1.165) is 6.07 Å². The van der Waals surface area contributed by atoms with Crippen LogP contribution in [0.25, 0.3) is 0 Å². The largest absolute Gasteiger partial charge is 0.337 e. The summed E-state index contributed by atoms with van der Waals surface area (Å²) < 4.78 is 37.0. The monoisotopic (exact) mass is 308 g/mol. The third-order valence-corrected chi connectivity index (χ3v) is 6.50. The van der Waals surface area contributed by atoms with Gasteiger partial charge < -0.3 is 4.90 Å². The average molecular weight is 308 g/mol. The number of hydrogen-bond acceptors (Lipinski definition) is 4. The van der Waals surface area contributed by atoms with Gasteiger partial charge in [-0.1, -0.05) is 0 Å². The van der Waals surface area contributed by atoms with Gasteiger partial charge in [0.2, 0.25) is 0 Å². The molecule has 0 bridgehead atoms. The highest BCUT2D eigenvalue weighted by atomic mass is 32.2. The zero-order valence-electron chi connectivity index (χ0n) is 11.1. The van der Waals surface area contributed by atoms with Crippen LogP contribution in [-0.2, 0) is 9.84 Å². The van der Waals surface area contributed by atoms with E-state index in [1.54, 1.807) is 6.07 Å². The van der Waals surface area contributed by atoms with E-state index >= 15 is 0 Å². The fourth-order valence-electron chi connectivity index (χ4n) is 3.08. The van der Waals surface area contributed by atoms with E-state index in [9.17, 15) is 17.6 Å². The molecule has 1 amide bonds. The molecule has 0 spiro atoms. The quantitative estimate of drug-likeness (QED) is 0.774. The van der Waals surface area contributed by atoms with E-state index < -0.39 is 20.9 Å². The van der Waals surface area contributed by atoms with E-state index in [1.807, 2.05) is 0 Å². The Kier molecular flexibility index (Phi) is 3.21. The highest BCUT2D eigenvalue weighted by Crippen LogP contribution is 2.34. The predicted molar refractivity (Wildman–Crippen MR) is 72.7 cm³/mol. The van der Waals surface area contributed by atoms with E-state index in [0.29, 0.717) is 13.0 Å². The summed E-state index contributed by atoms with van der Waals surface area (Å²) in [5.74, 6) is -0.833. The molecule has 2 fully saturated rings. The maximum atomic E-state index is 13.3. The lowest BCUT2D eigenvalue weighted by molar-refractivity contribution is 0.0786. The Labute approximate surface area is 121 Å². The Balaban J connectivity index is 1.83. The van der Waals surface area contributed by atoms with Crippen molar-refractivity contribution in [3.63, 3.8) is 0 Å². The van der Waals surface area contributed by atoms with Crippen LogP contribution in [0.3, 0.4) is 0 Å². The average Bonchev–Trinajstić information content (AvgIpc) is 3.00. The van der Waals surface area contributed by atoms with Crippen LogP contribution < -0.4 is 0 Å². The molecule has 2 aliphatic heterocycles. The number of hydrogen-bond donors (Lipinski definition) is 0. The van der Waals surface area contributed by atoms with Gasteiger partial charge in [-0.2, -0.15) is 5.26 Å². The van der Waals surface area contributed by atoms with Gasteiger partial charge in [-0.15, -0.1) is 0 Å². The fourth-order valence-corrected chi connectivity index (χ4v) is 5.23. The fraction of sp³-hybridized carbons (Fsp3) is 0.429. The molecule has 0 N–H and O–H groups in total.